The third kappa shape index (κ3) is 6.67. The van der Waals surface area contributed by atoms with Crippen molar-refractivity contribution in [2.75, 3.05) is 6.61 Å². The molecule has 3 aromatic rings. The van der Waals surface area contributed by atoms with Crippen LogP contribution in [0.4, 0.5) is 8.78 Å². The molecule has 8 heteroatoms. The molecule has 0 saturated heterocycles. The number of oxazole rings is 1. The van der Waals surface area contributed by atoms with E-state index < -0.39 is 23.2 Å². The van der Waals surface area contributed by atoms with Gasteiger partial charge in [-0.3, -0.25) is 0 Å². The first-order valence-corrected chi connectivity index (χ1v) is 12.8. The zero-order valence-corrected chi connectivity index (χ0v) is 21.3. The van der Waals surface area contributed by atoms with Gasteiger partial charge in [0.15, 0.2) is 17.5 Å². The quantitative estimate of drug-likeness (QED) is 0.309. The molecule has 1 heterocycles. The predicted molar refractivity (Wildman–Crippen MR) is 134 cm³/mol. The van der Waals surface area contributed by atoms with Crippen molar-refractivity contribution in [3.63, 3.8) is 0 Å². The molecule has 1 unspecified atom stereocenters. The Morgan fingerprint density at radius 1 is 1.08 bits per heavy atom. The van der Waals surface area contributed by atoms with Crippen molar-refractivity contribution in [1.29, 1.82) is 0 Å². The van der Waals surface area contributed by atoms with Gasteiger partial charge in [0.25, 0.3) is 0 Å². The lowest BCUT2D eigenvalue weighted by Gasteiger charge is -2.26. The Hall–Kier alpha value is -3.42. The number of carboxylic acids is 1. The molecule has 4 rings (SSSR count). The number of hydrogen-bond acceptors (Lipinski definition) is 5. The van der Waals surface area contributed by atoms with Crippen LogP contribution in [0.3, 0.4) is 0 Å². The van der Waals surface area contributed by atoms with E-state index >= 15 is 0 Å². The van der Waals surface area contributed by atoms with Gasteiger partial charge in [0, 0.05) is 31.2 Å². The molecule has 6 nitrogen and oxygen atoms in total. The molecule has 198 valence electrons. The molecule has 0 bridgehead atoms. The molecule has 0 radical (unpaired) electrons. The standard InChI is InChI=1S/C29H33F2NO5/c1-3-26-25(32-27(36-26)20-7-5-4-6-8-20)15-16-35-21-11-9-19(10-12-21)18-29(2,28(33)34)37-22-13-14-23(30)24(31)17-22/h9-14,17,20H,3-8,15-16,18H2,1-2H3,(H,33,34). The van der Waals surface area contributed by atoms with Crippen LogP contribution < -0.4 is 9.47 Å². The predicted octanol–water partition coefficient (Wildman–Crippen LogP) is 6.65. The van der Waals surface area contributed by atoms with E-state index in [9.17, 15) is 18.7 Å². The fourth-order valence-electron chi connectivity index (χ4n) is 4.71. The average Bonchev–Trinajstić information content (AvgIpc) is 3.31. The minimum absolute atomic E-state index is 0.0182. The van der Waals surface area contributed by atoms with Crippen molar-refractivity contribution in [2.45, 2.75) is 76.7 Å². The van der Waals surface area contributed by atoms with Gasteiger partial charge in [-0.2, -0.15) is 0 Å². The van der Waals surface area contributed by atoms with Gasteiger partial charge in [-0.25, -0.2) is 18.6 Å². The highest BCUT2D eigenvalue weighted by Gasteiger charge is 2.36. The first kappa shape index (κ1) is 26.6. The fraction of sp³-hybridized carbons (Fsp3) is 0.448. The number of hydrogen-bond donors (Lipinski definition) is 1. The van der Waals surface area contributed by atoms with Crippen molar-refractivity contribution in [2.24, 2.45) is 0 Å². The van der Waals surface area contributed by atoms with E-state index in [1.54, 1.807) is 24.3 Å². The lowest BCUT2D eigenvalue weighted by molar-refractivity contribution is -0.153. The molecular weight excluding hydrogens is 480 g/mol. The SMILES string of the molecule is CCc1oc(C2CCCCC2)nc1CCOc1ccc(CC(C)(Oc2ccc(F)c(F)c2)C(=O)O)cc1. The highest BCUT2D eigenvalue weighted by Crippen LogP contribution is 2.33. The lowest BCUT2D eigenvalue weighted by atomic mass is 9.89. The second kappa shape index (κ2) is 11.8. The first-order valence-electron chi connectivity index (χ1n) is 12.8. The lowest BCUT2D eigenvalue weighted by Crippen LogP contribution is -2.43. The summed E-state index contributed by atoms with van der Waals surface area (Å²) in [4.78, 5) is 16.7. The summed E-state index contributed by atoms with van der Waals surface area (Å²) in [6.07, 6.45) is 7.46. The van der Waals surface area contributed by atoms with Gasteiger partial charge >= 0.3 is 5.97 Å². The summed E-state index contributed by atoms with van der Waals surface area (Å²) >= 11 is 0. The Morgan fingerprint density at radius 2 is 1.78 bits per heavy atom. The molecule has 1 atom stereocenters. The van der Waals surface area contributed by atoms with Crippen LogP contribution in [0.5, 0.6) is 11.5 Å². The molecule has 1 N–H and O–H groups in total. The summed E-state index contributed by atoms with van der Waals surface area (Å²) in [5.41, 5.74) is -0.0281. The molecule has 1 aromatic heterocycles. The number of carbonyl (C=O) groups is 1. The van der Waals surface area contributed by atoms with Crippen LogP contribution in [0.25, 0.3) is 0 Å². The summed E-state index contributed by atoms with van der Waals surface area (Å²) in [6.45, 7) is 3.90. The third-order valence-electron chi connectivity index (χ3n) is 6.83. The van der Waals surface area contributed by atoms with Crippen LogP contribution >= 0.6 is 0 Å². The highest BCUT2D eigenvalue weighted by atomic mass is 19.2. The van der Waals surface area contributed by atoms with E-state index in [1.165, 1.54) is 32.3 Å². The van der Waals surface area contributed by atoms with Crippen molar-refractivity contribution < 1.29 is 32.6 Å². The van der Waals surface area contributed by atoms with Crippen LogP contribution in [-0.2, 0) is 24.1 Å². The Labute approximate surface area is 215 Å². The highest BCUT2D eigenvalue weighted by molar-refractivity contribution is 5.78. The number of rotatable bonds is 11. The Bertz CT molecular complexity index is 1200. The van der Waals surface area contributed by atoms with Crippen molar-refractivity contribution in [3.8, 4) is 11.5 Å². The van der Waals surface area contributed by atoms with E-state index in [0.717, 1.165) is 48.7 Å². The summed E-state index contributed by atoms with van der Waals surface area (Å²) < 4.78 is 44.3. The van der Waals surface area contributed by atoms with E-state index in [1.807, 2.05) is 0 Å². The first-order chi connectivity index (χ1) is 17.8. The maximum absolute atomic E-state index is 13.5. The summed E-state index contributed by atoms with van der Waals surface area (Å²) in [5, 5.41) is 9.75. The smallest absolute Gasteiger partial charge is 0.348 e. The fourth-order valence-corrected chi connectivity index (χ4v) is 4.71. The molecule has 1 fully saturated rings. The number of aromatic nitrogens is 1. The maximum Gasteiger partial charge on any atom is 0.348 e. The molecule has 1 aliphatic rings. The van der Waals surface area contributed by atoms with E-state index in [-0.39, 0.29) is 12.2 Å². The number of benzene rings is 2. The van der Waals surface area contributed by atoms with Crippen LogP contribution in [-0.4, -0.2) is 28.3 Å². The van der Waals surface area contributed by atoms with Crippen molar-refractivity contribution in [1.82, 2.24) is 4.98 Å². The zero-order valence-electron chi connectivity index (χ0n) is 21.3. The number of nitrogens with zero attached hydrogens (tertiary/aromatic N) is 1. The van der Waals surface area contributed by atoms with Crippen LogP contribution in [0.2, 0.25) is 0 Å². The van der Waals surface area contributed by atoms with Crippen LogP contribution in [0.15, 0.2) is 46.9 Å². The van der Waals surface area contributed by atoms with Gasteiger partial charge in [-0.15, -0.1) is 0 Å². The number of aryl methyl sites for hydroxylation is 1. The second-order valence-electron chi connectivity index (χ2n) is 9.74. The number of ether oxygens (including phenoxy) is 2. The monoisotopic (exact) mass is 513 g/mol. The Kier molecular flexibility index (Phi) is 8.46. The van der Waals surface area contributed by atoms with E-state index in [2.05, 4.69) is 6.92 Å². The van der Waals surface area contributed by atoms with Crippen LogP contribution in [0, 0.1) is 11.6 Å². The largest absolute Gasteiger partial charge is 0.493 e. The van der Waals surface area contributed by atoms with Gasteiger partial charge in [-0.1, -0.05) is 38.3 Å². The number of aliphatic carboxylic acids is 1. The minimum Gasteiger partial charge on any atom is -0.493 e. The molecule has 2 aromatic carbocycles. The maximum atomic E-state index is 13.5. The summed E-state index contributed by atoms with van der Waals surface area (Å²) in [7, 11) is 0. The van der Waals surface area contributed by atoms with Crippen LogP contribution in [0.1, 0.15) is 74.8 Å². The third-order valence-corrected chi connectivity index (χ3v) is 6.83. The van der Waals surface area contributed by atoms with Gasteiger partial charge in [0.1, 0.15) is 17.3 Å². The van der Waals surface area contributed by atoms with Crippen molar-refractivity contribution >= 4 is 5.97 Å². The number of carboxylic acid groups (broad SMARTS) is 1. The summed E-state index contributed by atoms with van der Waals surface area (Å²) in [5.74, 6) is -0.552. The Morgan fingerprint density at radius 3 is 2.43 bits per heavy atom. The van der Waals surface area contributed by atoms with Gasteiger partial charge in [0.05, 0.1) is 12.3 Å². The Balaban J connectivity index is 1.34. The summed E-state index contributed by atoms with van der Waals surface area (Å²) in [6, 6.07) is 10.0. The molecule has 1 saturated carbocycles. The second-order valence-corrected chi connectivity index (χ2v) is 9.74. The molecule has 0 spiro atoms. The van der Waals surface area contributed by atoms with E-state index in [0.29, 0.717) is 30.3 Å². The number of halogens is 2. The normalized spacial score (nSPS) is 15.8. The topological polar surface area (TPSA) is 81.8 Å². The molecule has 0 amide bonds. The molecule has 1 aliphatic carbocycles. The average molecular weight is 514 g/mol. The van der Waals surface area contributed by atoms with Gasteiger partial charge in [-0.05, 0) is 49.6 Å². The zero-order chi connectivity index (χ0) is 26.4. The molecular formula is C29H33F2NO5. The van der Waals surface area contributed by atoms with Gasteiger partial charge < -0.3 is 19.0 Å². The van der Waals surface area contributed by atoms with E-state index in [4.69, 9.17) is 18.9 Å². The van der Waals surface area contributed by atoms with Gasteiger partial charge in [0.2, 0.25) is 5.60 Å². The molecule has 0 aliphatic heterocycles. The molecule has 37 heavy (non-hydrogen) atoms. The minimum atomic E-state index is -1.67. The van der Waals surface area contributed by atoms with Crippen molar-refractivity contribution in [3.05, 3.63) is 77.0 Å².